The summed E-state index contributed by atoms with van der Waals surface area (Å²) in [4.78, 5) is 15.1. The van der Waals surface area contributed by atoms with Gasteiger partial charge in [-0.15, -0.1) is 0 Å². The second-order valence-electron chi connectivity index (χ2n) is 9.04. The number of ether oxygens (including phenoxy) is 1. The van der Waals surface area contributed by atoms with E-state index >= 15 is 0 Å². The maximum atomic E-state index is 12.7. The van der Waals surface area contributed by atoms with E-state index in [0.717, 1.165) is 13.0 Å². The third-order valence-corrected chi connectivity index (χ3v) is 3.69. The van der Waals surface area contributed by atoms with Crippen LogP contribution >= 0.6 is 0 Å². The number of carbonyl (C=O) groups excluding carboxylic acids is 1. The van der Waals surface area contributed by atoms with Crippen molar-refractivity contribution in [2.75, 3.05) is 6.54 Å². The summed E-state index contributed by atoms with van der Waals surface area (Å²) in [5, 5.41) is 0. The lowest BCUT2D eigenvalue weighted by Gasteiger charge is -2.38. The number of hydrogen-bond donors (Lipinski definition) is 0. The van der Waals surface area contributed by atoms with Crippen molar-refractivity contribution in [2.45, 2.75) is 92.0 Å². The van der Waals surface area contributed by atoms with Gasteiger partial charge in [-0.2, -0.15) is 0 Å². The molecule has 1 aliphatic rings. The van der Waals surface area contributed by atoms with Gasteiger partial charge >= 0.3 is 0 Å². The standard InChI is InChI=1S/C17H33NO2/c1-15(2,3)14(19)13-10-12(20-17(7,8)9)11-18(13)16(4,5)6/h12-13H,10-11H2,1-9H3. The van der Waals surface area contributed by atoms with Crippen LogP contribution in [-0.2, 0) is 9.53 Å². The van der Waals surface area contributed by atoms with Gasteiger partial charge in [0.05, 0.1) is 17.7 Å². The number of rotatable bonds is 2. The molecule has 2 unspecified atom stereocenters. The molecule has 3 heteroatoms. The van der Waals surface area contributed by atoms with Crippen LogP contribution in [0.15, 0.2) is 0 Å². The topological polar surface area (TPSA) is 29.5 Å². The lowest BCUT2D eigenvalue weighted by molar-refractivity contribution is -0.132. The second-order valence-corrected chi connectivity index (χ2v) is 9.04. The van der Waals surface area contributed by atoms with E-state index in [0.29, 0.717) is 5.78 Å². The minimum absolute atomic E-state index is 0.0123. The Morgan fingerprint density at radius 2 is 1.50 bits per heavy atom. The molecule has 1 rings (SSSR count). The van der Waals surface area contributed by atoms with E-state index in [4.69, 9.17) is 4.74 Å². The SMILES string of the molecule is CC(C)(C)OC1CC(C(=O)C(C)(C)C)N(C(C)(C)C)C1. The zero-order chi connectivity index (χ0) is 15.9. The molecule has 0 aromatic carbocycles. The normalized spacial score (nSPS) is 26.1. The molecule has 1 fully saturated rings. The van der Waals surface area contributed by atoms with Crippen LogP contribution in [0.25, 0.3) is 0 Å². The maximum absolute atomic E-state index is 12.7. The zero-order valence-corrected chi connectivity index (χ0v) is 14.8. The number of Topliss-reactive ketones (excluding diaryl/α,β-unsaturated/α-hetero) is 1. The first-order valence-electron chi connectivity index (χ1n) is 7.71. The molecule has 0 saturated carbocycles. The third-order valence-electron chi connectivity index (χ3n) is 3.69. The van der Waals surface area contributed by atoms with Crippen LogP contribution < -0.4 is 0 Å². The molecule has 3 nitrogen and oxygen atoms in total. The Balaban J connectivity index is 2.94. The molecule has 0 N–H and O–H groups in total. The van der Waals surface area contributed by atoms with E-state index < -0.39 is 0 Å². The summed E-state index contributed by atoms with van der Waals surface area (Å²) in [6.45, 7) is 19.6. The molecule has 1 saturated heterocycles. The van der Waals surface area contributed by atoms with Crippen molar-refractivity contribution in [1.82, 2.24) is 4.90 Å². The van der Waals surface area contributed by atoms with E-state index in [-0.39, 0.29) is 28.7 Å². The highest BCUT2D eigenvalue weighted by Crippen LogP contribution is 2.34. The first-order chi connectivity index (χ1) is 8.72. The summed E-state index contributed by atoms with van der Waals surface area (Å²) in [7, 11) is 0. The lowest BCUT2D eigenvalue weighted by Crippen LogP contribution is -2.50. The first-order valence-corrected chi connectivity index (χ1v) is 7.71. The molecule has 1 heterocycles. The van der Waals surface area contributed by atoms with Crippen molar-refractivity contribution >= 4 is 5.78 Å². The van der Waals surface area contributed by atoms with Crippen LogP contribution in [-0.4, -0.2) is 40.5 Å². The molecular formula is C17H33NO2. The number of nitrogens with zero attached hydrogens (tertiary/aromatic N) is 1. The van der Waals surface area contributed by atoms with Gasteiger partial charge in [-0.1, -0.05) is 20.8 Å². The summed E-state index contributed by atoms with van der Waals surface area (Å²) >= 11 is 0. The van der Waals surface area contributed by atoms with Crippen LogP contribution in [0.3, 0.4) is 0 Å². The van der Waals surface area contributed by atoms with E-state index in [2.05, 4.69) is 46.4 Å². The molecule has 0 aliphatic carbocycles. The maximum Gasteiger partial charge on any atom is 0.155 e. The second kappa shape index (κ2) is 5.42. The van der Waals surface area contributed by atoms with E-state index in [1.54, 1.807) is 0 Å². The molecule has 0 amide bonds. The Morgan fingerprint density at radius 3 is 1.85 bits per heavy atom. The number of ketones is 1. The number of likely N-dealkylation sites (tertiary alicyclic amines) is 1. The predicted molar refractivity (Wildman–Crippen MR) is 84.0 cm³/mol. The summed E-state index contributed by atoms with van der Waals surface area (Å²) < 4.78 is 6.12. The minimum Gasteiger partial charge on any atom is -0.371 e. The fourth-order valence-corrected chi connectivity index (χ4v) is 2.87. The largest absolute Gasteiger partial charge is 0.371 e. The Morgan fingerprint density at radius 1 is 1.00 bits per heavy atom. The highest BCUT2D eigenvalue weighted by Gasteiger charge is 2.45. The van der Waals surface area contributed by atoms with Gasteiger partial charge in [-0.25, -0.2) is 0 Å². The fraction of sp³-hybridized carbons (Fsp3) is 0.941. The van der Waals surface area contributed by atoms with Gasteiger partial charge in [0.2, 0.25) is 0 Å². The number of hydrogen-bond acceptors (Lipinski definition) is 3. The van der Waals surface area contributed by atoms with E-state index in [1.165, 1.54) is 0 Å². The van der Waals surface area contributed by atoms with Crippen LogP contribution in [0.2, 0.25) is 0 Å². The van der Waals surface area contributed by atoms with Gasteiger partial charge in [-0.05, 0) is 48.0 Å². The summed E-state index contributed by atoms with van der Waals surface area (Å²) in [5.74, 6) is 0.326. The van der Waals surface area contributed by atoms with Crippen molar-refractivity contribution in [3.05, 3.63) is 0 Å². The average Bonchev–Trinajstić information content (AvgIpc) is 2.55. The quantitative estimate of drug-likeness (QED) is 0.774. The Kier molecular flexibility index (Phi) is 4.78. The predicted octanol–water partition coefficient (Wildman–Crippen LogP) is 3.66. The van der Waals surface area contributed by atoms with Crippen molar-refractivity contribution < 1.29 is 9.53 Å². The minimum atomic E-state index is -0.301. The molecule has 1 aliphatic heterocycles. The van der Waals surface area contributed by atoms with Gasteiger partial charge in [0, 0.05) is 17.5 Å². The smallest absolute Gasteiger partial charge is 0.155 e. The van der Waals surface area contributed by atoms with E-state index in [1.807, 2.05) is 20.8 Å². The Hall–Kier alpha value is -0.410. The zero-order valence-electron chi connectivity index (χ0n) is 14.8. The summed E-state index contributed by atoms with van der Waals surface area (Å²) in [5.41, 5.74) is -0.472. The highest BCUT2D eigenvalue weighted by molar-refractivity contribution is 5.89. The lowest BCUT2D eigenvalue weighted by atomic mass is 9.84. The molecule has 118 valence electrons. The van der Waals surface area contributed by atoms with Gasteiger partial charge in [0.25, 0.3) is 0 Å². The Bertz CT molecular complexity index is 355. The van der Waals surface area contributed by atoms with Crippen LogP contribution in [0.1, 0.15) is 68.7 Å². The van der Waals surface area contributed by atoms with E-state index in [9.17, 15) is 4.79 Å². The monoisotopic (exact) mass is 283 g/mol. The molecule has 2 atom stereocenters. The van der Waals surface area contributed by atoms with Gasteiger partial charge < -0.3 is 4.74 Å². The summed E-state index contributed by atoms with van der Waals surface area (Å²) in [6.07, 6.45) is 0.954. The number of carbonyl (C=O) groups is 1. The summed E-state index contributed by atoms with van der Waals surface area (Å²) in [6, 6.07) is -0.0256. The molecular weight excluding hydrogens is 250 g/mol. The Labute approximate surface area is 125 Å². The average molecular weight is 283 g/mol. The van der Waals surface area contributed by atoms with Crippen molar-refractivity contribution in [3.8, 4) is 0 Å². The van der Waals surface area contributed by atoms with Crippen LogP contribution in [0, 0.1) is 5.41 Å². The van der Waals surface area contributed by atoms with Crippen molar-refractivity contribution in [1.29, 1.82) is 0 Å². The highest BCUT2D eigenvalue weighted by atomic mass is 16.5. The molecule has 0 radical (unpaired) electrons. The van der Waals surface area contributed by atoms with Crippen LogP contribution in [0.5, 0.6) is 0 Å². The molecule has 20 heavy (non-hydrogen) atoms. The fourth-order valence-electron chi connectivity index (χ4n) is 2.87. The van der Waals surface area contributed by atoms with Crippen molar-refractivity contribution in [3.63, 3.8) is 0 Å². The molecule has 0 aromatic heterocycles. The van der Waals surface area contributed by atoms with Gasteiger partial charge in [0.1, 0.15) is 0 Å². The molecule has 0 spiro atoms. The van der Waals surface area contributed by atoms with Crippen LogP contribution in [0.4, 0.5) is 0 Å². The third kappa shape index (κ3) is 4.56. The first kappa shape index (κ1) is 17.6. The molecule has 0 bridgehead atoms. The van der Waals surface area contributed by atoms with Gasteiger partial charge in [0.15, 0.2) is 5.78 Å². The molecule has 0 aromatic rings. The van der Waals surface area contributed by atoms with Crippen molar-refractivity contribution in [2.24, 2.45) is 5.41 Å². The van der Waals surface area contributed by atoms with Gasteiger partial charge in [-0.3, -0.25) is 9.69 Å².